The van der Waals surface area contributed by atoms with Crippen molar-refractivity contribution in [1.29, 1.82) is 0 Å². The maximum atomic E-state index is 2.16. The van der Waals surface area contributed by atoms with Crippen LogP contribution in [0, 0.1) is 0 Å². The fourth-order valence-corrected chi connectivity index (χ4v) is 3.44. The van der Waals surface area contributed by atoms with Crippen molar-refractivity contribution in [3.05, 3.63) is 60.7 Å². The van der Waals surface area contributed by atoms with Gasteiger partial charge in [0, 0.05) is 10.6 Å². The molecule has 0 nitrogen and oxygen atoms in total. The van der Waals surface area contributed by atoms with Crippen LogP contribution in [0.3, 0.4) is 0 Å². The van der Waals surface area contributed by atoms with Crippen molar-refractivity contribution in [3.63, 3.8) is 0 Å². The van der Waals surface area contributed by atoms with Gasteiger partial charge in [0.15, 0.2) is 0 Å². The first kappa shape index (κ1) is 9.59. The Morgan fingerprint density at radius 2 is 0.857 bits per heavy atom. The van der Waals surface area contributed by atoms with Crippen molar-refractivity contribution in [3.8, 4) is 0 Å². The van der Waals surface area contributed by atoms with Gasteiger partial charge < -0.3 is 0 Å². The summed E-state index contributed by atoms with van der Waals surface area (Å²) in [6.07, 6.45) is 0. The van der Waals surface area contributed by atoms with Crippen LogP contribution in [0.4, 0.5) is 0 Å². The minimum absolute atomic E-state index is 1.35. The quantitative estimate of drug-likeness (QED) is 0.674. The molecule has 2 aromatic rings. The third-order valence-corrected chi connectivity index (χ3v) is 4.64. The van der Waals surface area contributed by atoms with Gasteiger partial charge in [0.1, 0.15) is 0 Å². The van der Waals surface area contributed by atoms with E-state index in [1.807, 2.05) is 0 Å². The molecule has 0 amide bonds. The van der Waals surface area contributed by atoms with Gasteiger partial charge in [-0.2, -0.15) is 0 Å². The molecule has 2 heteroatoms. The zero-order valence-electron chi connectivity index (χ0n) is 7.67. The van der Waals surface area contributed by atoms with Crippen molar-refractivity contribution in [1.82, 2.24) is 0 Å². The molecular weight excluding hydrogens is 206 g/mol. The normalized spacial score (nSPS) is 10.6. The molecule has 2 rings (SSSR count). The Bertz CT molecular complexity index is 365. The van der Waals surface area contributed by atoms with Crippen molar-refractivity contribution in [2.24, 2.45) is 0 Å². The lowest BCUT2D eigenvalue weighted by molar-refractivity contribution is 1.78. The van der Waals surface area contributed by atoms with Crippen LogP contribution < -0.4 is 10.6 Å². The topological polar surface area (TPSA) is 0 Å². The molecule has 0 N–H and O–H groups in total. The number of hydrogen-bond acceptors (Lipinski definition) is 0. The van der Waals surface area contributed by atoms with Crippen LogP contribution in [-0.4, -0.2) is 0 Å². The molecule has 0 aromatic heterocycles. The predicted molar refractivity (Wildman–Crippen MR) is 66.0 cm³/mol. The third-order valence-electron chi connectivity index (χ3n) is 1.79. The van der Waals surface area contributed by atoms with Gasteiger partial charge >= 0.3 is 0 Å². The molecule has 0 fully saturated rings. The molecule has 0 atom stereocenters. The molecule has 14 heavy (non-hydrogen) atoms. The maximum absolute atomic E-state index is 2.16. The first-order valence-electron chi connectivity index (χ1n) is 4.47. The van der Waals surface area contributed by atoms with E-state index in [1.54, 1.807) is 0 Å². The van der Waals surface area contributed by atoms with E-state index in [4.69, 9.17) is 0 Å². The van der Waals surface area contributed by atoms with E-state index >= 15 is 0 Å². The summed E-state index contributed by atoms with van der Waals surface area (Å²) in [5.41, 5.74) is 0. The fourth-order valence-electron chi connectivity index (χ4n) is 1.10. The van der Waals surface area contributed by atoms with Gasteiger partial charge in [0.25, 0.3) is 0 Å². The second-order valence-electron chi connectivity index (χ2n) is 2.87. The molecule has 0 aliphatic rings. The average molecular weight is 216 g/mol. The maximum Gasteiger partial charge on any atom is 0.00633 e. The lowest BCUT2D eigenvalue weighted by atomic mass is 10.4. The van der Waals surface area contributed by atoms with Crippen molar-refractivity contribution < 1.29 is 0 Å². The minimum atomic E-state index is 1.35. The standard InChI is InChI=1S/C12H10P2/c1-3-7-11(8-4-1)13-14-12-9-5-2-6-10-12/h1-10H. The molecule has 0 unspecified atom stereocenters. The Morgan fingerprint density at radius 1 is 0.500 bits per heavy atom. The molecule has 0 saturated heterocycles. The first-order chi connectivity index (χ1) is 6.95. The molecule has 0 heterocycles. The smallest absolute Gasteiger partial charge is 0.00633 e. The SMILES string of the molecule is c1ccc(P=Pc2ccccc2)cc1. The lowest BCUT2D eigenvalue weighted by Crippen LogP contribution is -1.89. The highest BCUT2D eigenvalue weighted by molar-refractivity contribution is 7.91. The van der Waals surface area contributed by atoms with E-state index in [0.29, 0.717) is 0 Å². The van der Waals surface area contributed by atoms with Crippen LogP contribution in [0.5, 0.6) is 0 Å². The highest BCUT2D eigenvalue weighted by Crippen LogP contribution is 2.14. The van der Waals surface area contributed by atoms with Crippen molar-refractivity contribution >= 4 is 26.3 Å². The monoisotopic (exact) mass is 216 g/mol. The van der Waals surface area contributed by atoms with E-state index in [1.165, 1.54) is 26.3 Å². The number of benzene rings is 2. The van der Waals surface area contributed by atoms with Crippen LogP contribution >= 0.6 is 15.7 Å². The van der Waals surface area contributed by atoms with E-state index in [2.05, 4.69) is 60.7 Å². The Morgan fingerprint density at radius 3 is 1.21 bits per heavy atom. The second kappa shape index (κ2) is 5.05. The number of rotatable bonds is 2. The van der Waals surface area contributed by atoms with E-state index < -0.39 is 0 Å². The summed E-state index contributed by atoms with van der Waals surface area (Å²) in [5, 5.41) is 2.75. The van der Waals surface area contributed by atoms with Crippen molar-refractivity contribution in [2.45, 2.75) is 0 Å². The zero-order valence-corrected chi connectivity index (χ0v) is 9.46. The van der Waals surface area contributed by atoms with Crippen LogP contribution in [0.15, 0.2) is 60.7 Å². The van der Waals surface area contributed by atoms with Gasteiger partial charge in [-0.05, 0) is 15.7 Å². The molecule has 0 spiro atoms. The Kier molecular flexibility index (Phi) is 3.46. The highest BCUT2D eigenvalue weighted by atomic mass is 31.7. The van der Waals surface area contributed by atoms with Gasteiger partial charge in [0.05, 0.1) is 0 Å². The third kappa shape index (κ3) is 2.77. The largest absolute Gasteiger partial charge is 0.0622 e. The van der Waals surface area contributed by atoms with Gasteiger partial charge in [-0.25, -0.2) is 0 Å². The van der Waals surface area contributed by atoms with Gasteiger partial charge in [-0.1, -0.05) is 60.7 Å². The minimum Gasteiger partial charge on any atom is -0.0622 e. The summed E-state index contributed by atoms with van der Waals surface area (Å²) in [6, 6.07) is 21.1. The first-order valence-corrected chi connectivity index (χ1v) is 6.96. The summed E-state index contributed by atoms with van der Waals surface area (Å²) in [4.78, 5) is 0. The van der Waals surface area contributed by atoms with E-state index in [9.17, 15) is 0 Å². The molecule has 0 bridgehead atoms. The van der Waals surface area contributed by atoms with Gasteiger partial charge in [-0.3, -0.25) is 0 Å². The summed E-state index contributed by atoms with van der Waals surface area (Å²) in [7, 11) is 2.70. The van der Waals surface area contributed by atoms with Crippen LogP contribution in [0.2, 0.25) is 0 Å². The molecule has 2 aromatic carbocycles. The van der Waals surface area contributed by atoms with Crippen LogP contribution in [-0.2, 0) is 0 Å². The molecule has 68 valence electrons. The Balaban J connectivity index is 2.16. The highest BCUT2D eigenvalue weighted by Gasteiger charge is 1.86. The average Bonchev–Trinajstić information content (AvgIpc) is 2.29. The van der Waals surface area contributed by atoms with Crippen molar-refractivity contribution in [2.75, 3.05) is 0 Å². The number of hydrogen-bond donors (Lipinski definition) is 0. The fraction of sp³-hybridized carbons (Fsp3) is 0. The van der Waals surface area contributed by atoms with Crippen LogP contribution in [0.25, 0.3) is 0 Å². The molecular formula is C12H10P2. The zero-order chi connectivity index (χ0) is 9.64. The molecule has 0 aliphatic carbocycles. The predicted octanol–water partition coefficient (Wildman–Crippen LogP) is 3.44. The summed E-state index contributed by atoms with van der Waals surface area (Å²) >= 11 is 0. The Labute approximate surface area is 87.4 Å². The second-order valence-corrected chi connectivity index (χ2v) is 5.50. The molecule has 0 radical (unpaired) electrons. The van der Waals surface area contributed by atoms with Gasteiger partial charge in [0.2, 0.25) is 0 Å². The Hall–Kier alpha value is -0.960. The lowest BCUT2D eigenvalue weighted by Gasteiger charge is -1.91. The van der Waals surface area contributed by atoms with Gasteiger partial charge in [-0.15, -0.1) is 0 Å². The van der Waals surface area contributed by atoms with Crippen LogP contribution in [0.1, 0.15) is 0 Å². The molecule has 0 aliphatic heterocycles. The summed E-state index contributed by atoms with van der Waals surface area (Å²) in [5.74, 6) is 0. The van der Waals surface area contributed by atoms with E-state index in [0.717, 1.165) is 0 Å². The summed E-state index contributed by atoms with van der Waals surface area (Å²) < 4.78 is 0. The van der Waals surface area contributed by atoms with E-state index in [-0.39, 0.29) is 0 Å². The summed E-state index contributed by atoms with van der Waals surface area (Å²) in [6.45, 7) is 0. The molecule has 0 saturated carbocycles.